The van der Waals surface area contributed by atoms with Crippen LogP contribution in [0.1, 0.15) is 28.8 Å². The molecule has 116 valence electrons. The molecule has 1 heterocycles. The van der Waals surface area contributed by atoms with Crippen LogP contribution in [0.25, 0.3) is 0 Å². The summed E-state index contributed by atoms with van der Waals surface area (Å²) in [5.74, 6) is -1.46. The molecule has 8 heteroatoms. The van der Waals surface area contributed by atoms with Crippen molar-refractivity contribution >= 4 is 25.6 Å². The number of halogens is 2. The zero-order chi connectivity index (χ0) is 15.6. The summed E-state index contributed by atoms with van der Waals surface area (Å²) >= 11 is 0. The summed E-state index contributed by atoms with van der Waals surface area (Å²) in [5.41, 5.74) is -0.189. The smallest absolute Gasteiger partial charge is 0.261 e. The summed E-state index contributed by atoms with van der Waals surface area (Å²) in [5, 5.41) is 2.63. The monoisotopic (exact) mass is 335 g/mol. The van der Waals surface area contributed by atoms with Gasteiger partial charge in [-0.05, 0) is 37.5 Å². The van der Waals surface area contributed by atoms with Gasteiger partial charge < -0.3 is 10.1 Å². The molecule has 0 saturated carbocycles. The normalized spacial score (nSPS) is 19.3. The molecule has 0 aliphatic carbocycles. The average molecular weight is 336 g/mol. The highest BCUT2D eigenvalue weighted by atomic mass is 35.7. The second-order valence-corrected chi connectivity index (χ2v) is 7.46. The third-order valence-corrected chi connectivity index (χ3v) is 4.73. The highest BCUT2D eigenvalue weighted by Gasteiger charge is 2.23. The Kier molecular flexibility index (Phi) is 4.85. The Hall–Kier alpha value is -1.18. The van der Waals surface area contributed by atoms with Gasteiger partial charge in [-0.15, -0.1) is 0 Å². The van der Waals surface area contributed by atoms with Crippen molar-refractivity contribution in [3.8, 4) is 0 Å². The minimum Gasteiger partial charge on any atom is -0.379 e. The molecule has 0 spiro atoms. The minimum absolute atomic E-state index is 0.153. The number of rotatable bonds is 3. The number of amides is 1. The predicted octanol–water partition coefficient (Wildman–Crippen LogP) is 1.97. The van der Waals surface area contributed by atoms with Gasteiger partial charge in [-0.3, -0.25) is 4.79 Å². The maximum atomic E-state index is 13.9. The fourth-order valence-electron chi connectivity index (χ4n) is 2.21. The standard InChI is InChI=1S/C13H15ClFNO4S/c1-8-5-11(15)10(6-12(8)21(14,18)19)13(17)16-9-3-2-4-20-7-9/h5-6,9H,2-4,7H2,1H3,(H,16,17). The van der Waals surface area contributed by atoms with Gasteiger partial charge in [0.25, 0.3) is 15.0 Å². The number of hydrogen-bond acceptors (Lipinski definition) is 4. The Morgan fingerprint density at radius 3 is 2.76 bits per heavy atom. The highest BCUT2D eigenvalue weighted by molar-refractivity contribution is 8.13. The van der Waals surface area contributed by atoms with E-state index in [1.807, 2.05) is 0 Å². The molecule has 1 atom stereocenters. The van der Waals surface area contributed by atoms with Crippen LogP contribution in [0.4, 0.5) is 4.39 Å². The Labute approximate surface area is 126 Å². The third-order valence-electron chi connectivity index (χ3n) is 3.27. The Balaban J connectivity index is 2.28. The van der Waals surface area contributed by atoms with Crippen molar-refractivity contribution in [2.24, 2.45) is 0 Å². The van der Waals surface area contributed by atoms with E-state index in [0.717, 1.165) is 25.0 Å². The molecule has 1 N–H and O–H groups in total. The van der Waals surface area contributed by atoms with Gasteiger partial charge in [-0.25, -0.2) is 12.8 Å². The molecule has 1 aliphatic heterocycles. The van der Waals surface area contributed by atoms with Crippen LogP contribution in [0.5, 0.6) is 0 Å². The van der Waals surface area contributed by atoms with Crippen LogP contribution in [0, 0.1) is 12.7 Å². The number of carbonyl (C=O) groups is 1. The lowest BCUT2D eigenvalue weighted by molar-refractivity contribution is 0.0622. The summed E-state index contributed by atoms with van der Waals surface area (Å²) in [7, 11) is 1.24. The summed E-state index contributed by atoms with van der Waals surface area (Å²) in [6, 6.07) is 1.75. The number of benzene rings is 1. The van der Waals surface area contributed by atoms with Crippen molar-refractivity contribution in [1.29, 1.82) is 0 Å². The fraction of sp³-hybridized carbons (Fsp3) is 0.462. The van der Waals surface area contributed by atoms with Crippen molar-refractivity contribution < 1.29 is 22.3 Å². The van der Waals surface area contributed by atoms with Gasteiger partial charge in [0.05, 0.1) is 23.1 Å². The van der Waals surface area contributed by atoms with Crippen LogP contribution < -0.4 is 5.32 Å². The predicted molar refractivity (Wildman–Crippen MR) is 75.5 cm³/mol. The Morgan fingerprint density at radius 2 is 2.19 bits per heavy atom. The first-order valence-electron chi connectivity index (χ1n) is 6.42. The van der Waals surface area contributed by atoms with Crippen molar-refractivity contribution in [2.75, 3.05) is 13.2 Å². The van der Waals surface area contributed by atoms with E-state index in [4.69, 9.17) is 15.4 Å². The van der Waals surface area contributed by atoms with Crippen LogP contribution in [-0.2, 0) is 13.8 Å². The molecule has 2 rings (SSSR count). The lowest BCUT2D eigenvalue weighted by Crippen LogP contribution is -2.41. The van der Waals surface area contributed by atoms with Crippen LogP contribution in [0.15, 0.2) is 17.0 Å². The molecule has 21 heavy (non-hydrogen) atoms. The van der Waals surface area contributed by atoms with E-state index in [9.17, 15) is 17.6 Å². The lowest BCUT2D eigenvalue weighted by Gasteiger charge is -2.23. The van der Waals surface area contributed by atoms with Crippen molar-refractivity contribution in [1.82, 2.24) is 5.32 Å². The topological polar surface area (TPSA) is 72.5 Å². The van der Waals surface area contributed by atoms with Crippen molar-refractivity contribution in [3.05, 3.63) is 29.1 Å². The molecule has 1 saturated heterocycles. The molecule has 0 bridgehead atoms. The van der Waals surface area contributed by atoms with E-state index in [1.165, 1.54) is 6.92 Å². The number of aryl methyl sites for hydroxylation is 1. The van der Waals surface area contributed by atoms with Gasteiger partial charge in [0.1, 0.15) is 5.82 Å². The van der Waals surface area contributed by atoms with Crippen LogP contribution in [0.3, 0.4) is 0 Å². The fourth-order valence-corrected chi connectivity index (χ4v) is 3.41. The lowest BCUT2D eigenvalue weighted by atomic mass is 10.1. The van der Waals surface area contributed by atoms with Gasteiger partial charge in [-0.1, -0.05) is 0 Å². The zero-order valence-electron chi connectivity index (χ0n) is 11.4. The number of carbonyl (C=O) groups excluding carboxylic acids is 1. The maximum absolute atomic E-state index is 13.9. The first kappa shape index (κ1) is 16.2. The molecule has 1 aromatic carbocycles. The van der Waals surface area contributed by atoms with E-state index in [2.05, 4.69) is 5.32 Å². The van der Waals surface area contributed by atoms with Gasteiger partial charge in [-0.2, -0.15) is 0 Å². The molecule has 0 radical (unpaired) electrons. The largest absolute Gasteiger partial charge is 0.379 e. The van der Waals surface area contributed by atoms with E-state index in [1.54, 1.807) is 0 Å². The molecule has 0 aromatic heterocycles. The number of nitrogens with one attached hydrogen (secondary N) is 1. The van der Waals surface area contributed by atoms with Crippen LogP contribution in [-0.4, -0.2) is 33.6 Å². The van der Waals surface area contributed by atoms with E-state index >= 15 is 0 Å². The molecule has 1 aromatic rings. The second-order valence-electron chi connectivity index (χ2n) is 4.92. The summed E-state index contributed by atoms with van der Waals surface area (Å²) in [6.45, 7) is 2.41. The average Bonchev–Trinajstić information content (AvgIpc) is 2.38. The summed E-state index contributed by atoms with van der Waals surface area (Å²) < 4.78 is 42.0. The van der Waals surface area contributed by atoms with Crippen molar-refractivity contribution in [3.63, 3.8) is 0 Å². The maximum Gasteiger partial charge on any atom is 0.261 e. The summed E-state index contributed by atoms with van der Waals surface area (Å²) in [4.78, 5) is 11.8. The van der Waals surface area contributed by atoms with Crippen molar-refractivity contribution in [2.45, 2.75) is 30.7 Å². The molecule has 1 unspecified atom stereocenters. The highest BCUT2D eigenvalue weighted by Crippen LogP contribution is 2.23. The Bertz CT molecular complexity index is 656. The number of ether oxygens (including phenoxy) is 1. The molecule has 1 aliphatic rings. The van der Waals surface area contributed by atoms with E-state index in [-0.39, 0.29) is 22.1 Å². The summed E-state index contributed by atoms with van der Waals surface area (Å²) in [6.07, 6.45) is 1.54. The molecule has 1 fully saturated rings. The molecule has 1 amide bonds. The first-order chi connectivity index (χ1) is 9.79. The van der Waals surface area contributed by atoms with E-state index < -0.39 is 20.8 Å². The van der Waals surface area contributed by atoms with Gasteiger partial charge in [0, 0.05) is 17.3 Å². The van der Waals surface area contributed by atoms with Gasteiger partial charge in [0.15, 0.2) is 0 Å². The third kappa shape index (κ3) is 3.93. The molecular formula is C13H15ClFNO4S. The van der Waals surface area contributed by atoms with Gasteiger partial charge in [0.2, 0.25) is 0 Å². The quantitative estimate of drug-likeness (QED) is 0.857. The van der Waals surface area contributed by atoms with E-state index in [0.29, 0.717) is 13.2 Å². The number of hydrogen-bond donors (Lipinski definition) is 1. The Morgan fingerprint density at radius 1 is 1.48 bits per heavy atom. The zero-order valence-corrected chi connectivity index (χ0v) is 12.9. The van der Waals surface area contributed by atoms with Gasteiger partial charge >= 0.3 is 0 Å². The SMILES string of the molecule is Cc1cc(F)c(C(=O)NC2CCCOC2)cc1S(=O)(=O)Cl. The van der Waals surface area contributed by atoms with Crippen LogP contribution >= 0.6 is 10.7 Å². The minimum atomic E-state index is -4.04. The molecular weight excluding hydrogens is 321 g/mol. The van der Waals surface area contributed by atoms with Crippen LogP contribution in [0.2, 0.25) is 0 Å². The molecule has 5 nitrogen and oxygen atoms in total. The first-order valence-corrected chi connectivity index (χ1v) is 8.73. The second kappa shape index (κ2) is 6.29.